The maximum absolute atomic E-state index is 13.4. The maximum Gasteiger partial charge on any atom is 0.278 e. The highest BCUT2D eigenvalue weighted by atomic mass is 35.5. The van der Waals surface area contributed by atoms with Crippen LogP contribution in [0.1, 0.15) is 5.56 Å². The Labute approximate surface area is 149 Å². The molecule has 2 aromatic rings. The van der Waals surface area contributed by atoms with Gasteiger partial charge < -0.3 is 5.32 Å². The van der Waals surface area contributed by atoms with Gasteiger partial charge in [-0.15, -0.1) is 6.58 Å². The van der Waals surface area contributed by atoms with Gasteiger partial charge in [0.2, 0.25) is 0 Å². The van der Waals surface area contributed by atoms with Gasteiger partial charge in [0.15, 0.2) is 0 Å². The minimum Gasteiger partial charge on any atom is -0.350 e. The molecule has 0 saturated carbocycles. The molecule has 25 heavy (non-hydrogen) atoms. The van der Waals surface area contributed by atoms with Gasteiger partial charge in [-0.25, -0.2) is 4.39 Å². The number of nitrogens with one attached hydrogen (secondary N) is 1. The highest BCUT2D eigenvalue weighted by molar-refractivity contribution is 6.37. The van der Waals surface area contributed by atoms with Gasteiger partial charge in [0.1, 0.15) is 11.5 Å². The molecule has 0 aliphatic carbocycles. The molecular formula is C19H14ClFN2O2. The summed E-state index contributed by atoms with van der Waals surface area (Å²) in [5.41, 5.74) is 1.24. The normalized spacial score (nSPS) is 14.2. The molecule has 0 unspecified atom stereocenters. The maximum atomic E-state index is 13.4. The fraction of sp³-hybridized carbons (Fsp3) is 0.0526. The van der Waals surface area contributed by atoms with Crippen LogP contribution in [0.5, 0.6) is 0 Å². The van der Waals surface area contributed by atoms with Gasteiger partial charge in [0.05, 0.1) is 5.57 Å². The van der Waals surface area contributed by atoms with Crippen molar-refractivity contribution in [3.05, 3.63) is 83.3 Å². The fourth-order valence-corrected chi connectivity index (χ4v) is 2.71. The van der Waals surface area contributed by atoms with Gasteiger partial charge in [-0.05, 0) is 35.9 Å². The number of benzene rings is 2. The molecule has 1 heterocycles. The van der Waals surface area contributed by atoms with Gasteiger partial charge in [-0.1, -0.05) is 35.9 Å². The monoisotopic (exact) mass is 356 g/mol. The Morgan fingerprint density at radius 1 is 1.12 bits per heavy atom. The first-order valence-corrected chi connectivity index (χ1v) is 7.89. The largest absolute Gasteiger partial charge is 0.350 e. The predicted molar refractivity (Wildman–Crippen MR) is 95.3 cm³/mol. The van der Waals surface area contributed by atoms with Crippen molar-refractivity contribution in [1.82, 2.24) is 4.90 Å². The van der Waals surface area contributed by atoms with E-state index in [1.165, 1.54) is 24.3 Å². The highest BCUT2D eigenvalue weighted by Gasteiger charge is 2.38. The average Bonchev–Trinajstić information content (AvgIpc) is 2.81. The Morgan fingerprint density at radius 3 is 2.48 bits per heavy atom. The van der Waals surface area contributed by atoms with Crippen LogP contribution in [0.3, 0.4) is 0 Å². The Morgan fingerprint density at radius 2 is 1.84 bits per heavy atom. The van der Waals surface area contributed by atoms with Crippen molar-refractivity contribution in [2.24, 2.45) is 0 Å². The van der Waals surface area contributed by atoms with E-state index in [4.69, 9.17) is 11.6 Å². The van der Waals surface area contributed by atoms with E-state index in [-0.39, 0.29) is 17.8 Å². The van der Waals surface area contributed by atoms with Crippen molar-refractivity contribution in [3.8, 4) is 0 Å². The summed E-state index contributed by atoms with van der Waals surface area (Å²) in [6, 6.07) is 12.3. The molecule has 1 aliphatic heterocycles. The van der Waals surface area contributed by atoms with Crippen LogP contribution >= 0.6 is 11.6 Å². The van der Waals surface area contributed by atoms with Crippen molar-refractivity contribution in [2.45, 2.75) is 0 Å². The third-order valence-electron chi connectivity index (χ3n) is 3.71. The molecule has 2 aromatic carbocycles. The Kier molecular flexibility index (Phi) is 4.67. The summed E-state index contributed by atoms with van der Waals surface area (Å²) in [5.74, 6) is -1.37. The molecule has 6 heteroatoms. The molecule has 0 radical (unpaired) electrons. The molecule has 0 saturated heterocycles. The molecule has 1 aliphatic rings. The zero-order valence-corrected chi connectivity index (χ0v) is 13.9. The minimum absolute atomic E-state index is 0.0864. The lowest BCUT2D eigenvalue weighted by atomic mass is 10.0. The molecule has 0 atom stereocenters. The van der Waals surface area contributed by atoms with E-state index in [9.17, 15) is 14.0 Å². The van der Waals surface area contributed by atoms with Crippen molar-refractivity contribution in [1.29, 1.82) is 0 Å². The van der Waals surface area contributed by atoms with Crippen LogP contribution in [0.15, 0.2) is 66.9 Å². The number of imide groups is 1. The number of carbonyl (C=O) groups excluding carboxylic acids is 2. The second-order valence-electron chi connectivity index (χ2n) is 5.40. The van der Waals surface area contributed by atoms with Crippen LogP contribution in [0.25, 0.3) is 5.57 Å². The van der Waals surface area contributed by atoms with Crippen LogP contribution < -0.4 is 5.32 Å². The smallest absolute Gasteiger partial charge is 0.278 e. The number of hydrogen-bond donors (Lipinski definition) is 1. The molecule has 0 aromatic heterocycles. The summed E-state index contributed by atoms with van der Waals surface area (Å²) < 4.78 is 13.4. The number of nitrogens with zero attached hydrogens (tertiary/aromatic N) is 1. The van der Waals surface area contributed by atoms with Crippen LogP contribution in [0, 0.1) is 5.82 Å². The highest BCUT2D eigenvalue weighted by Crippen LogP contribution is 2.31. The molecule has 0 fully saturated rings. The zero-order valence-electron chi connectivity index (χ0n) is 13.1. The summed E-state index contributed by atoms with van der Waals surface area (Å²) >= 11 is 5.90. The van der Waals surface area contributed by atoms with Gasteiger partial charge in [-0.3, -0.25) is 14.5 Å². The first kappa shape index (κ1) is 16.9. The molecule has 0 bridgehead atoms. The van der Waals surface area contributed by atoms with Gasteiger partial charge >= 0.3 is 0 Å². The number of anilines is 1. The summed E-state index contributed by atoms with van der Waals surface area (Å²) in [6.45, 7) is 3.66. The van der Waals surface area contributed by atoms with Crippen molar-refractivity contribution < 1.29 is 14.0 Å². The molecule has 126 valence electrons. The van der Waals surface area contributed by atoms with E-state index in [0.29, 0.717) is 16.3 Å². The van der Waals surface area contributed by atoms with Gasteiger partial charge in [0, 0.05) is 17.3 Å². The number of carbonyl (C=O) groups is 2. The molecular weight excluding hydrogens is 343 g/mol. The SMILES string of the molecule is C=CCN1C(=O)C(Nc2cccc(F)c2)=C(c2ccc(Cl)cc2)C1=O. The van der Waals surface area contributed by atoms with E-state index >= 15 is 0 Å². The van der Waals surface area contributed by atoms with Crippen LogP contribution in [-0.4, -0.2) is 23.3 Å². The standard InChI is InChI=1S/C19H14ClFN2O2/c1-2-10-23-18(24)16(12-6-8-13(20)9-7-12)17(19(23)25)22-15-5-3-4-14(21)11-15/h2-9,11,22H,1,10H2. The van der Waals surface area contributed by atoms with E-state index in [1.807, 2.05) is 0 Å². The van der Waals surface area contributed by atoms with E-state index in [2.05, 4.69) is 11.9 Å². The van der Waals surface area contributed by atoms with Crippen molar-refractivity contribution in [3.63, 3.8) is 0 Å². The Bertz CT molecular complexity index is 891. The Balaban J connectivity index is 2.08. The molecule has 4 nitrogen and oxygen atoms in total. The van der Waals surface area contributed by atoms with Crippen LogP contribution in [-0.2, 0) is 9.59 Å². The number of hydrogen-bond acceptors (Lipinski definition) is 3. The first-order valence-electron chi connectivity index (χ1n) is 7.51. The van der Waals surface area contributed by atoms with Crippen molar-refractivity contribution in [2.75, 3.05) is 11.9 Å². The second-order valence-corrected chi connectivity index (χ2v) is 5.84. The van der Waals surface area contributed by atoms with Crippen molar-refractivity contribution >= 4 is 34.7 Å². The topological polar surface area (TPSA) is 49.4 Å². The quantitative estimate of drug-likeness (QED) is 0.653. The number of amides is 2. The fourth-order valence-electron chi connectivity index (χ4n) is 2.58. The van der Waals surface area contributed by atoms with Crippen LogP contribution in [0.2, 0.25) is 5.02 Å². The summed E-state index contributed by atoms with van der Waals surface area (Å²) in [7, 11) is 0. The first-order chi connectivity index (χ1) is 12.0. The van der Waals surface area contributed by atoms with Gasteiger partial charge in [0.25, 0.3) is 11.8 Å². The molecule has 3 rings (SSSR count). The third kappa shape index (κ3) is 3.32. The molecule has 1 N–H and O–H groups in total. The van der Waals surface area contributed by atoms with Crippen LogP contribution in [0.4, 0.5) is 10.1 Å². The van der Waals surface area contributed by atoms with E-state index < -0.39 is 17.6 Å². The summed E-state index contributed by atoms with van der Waals surface area (Å²) in [6.07, 6.45) is 1.47. The lowest BCUT2D eigenvalue weighted by Crippen LogP contribution is -2.32. The van der Waals surface area contributed by atoms with E-state index in [1.54, 1.807) is 30.3 Å². The lowest BCUT2D eigenvalue weighted by molar-refractivity contribution is -0.136. The van der Waals surface area contributed by atoms with E-state index in [0.717, 1.165) is 4.90 Å². The summed E-state index contributed by atoms with van der Waals surface area (Å²) in [5, 5.41) is 3.39. The lowest BCUT2D eigenvalue weighted by Gasteiger charge is -2.12. The average molecular weight is 357 g/mol. The third-order valence-corrected chi connectivity index (χ3v) is 3.96. The second kappa shape index (κ2) is 6.91. The summed E-state index contributed by atoms with van der Waals surface area (Å²) in [4.78, 5) is 26.5. The zero-order chi connectivity index (χ0) is 18.0. The molecule has 0 spiro atoms. The molecule has 2 amide bonds. The number of rotatable bonds is 5. The van der Waals surface area contributed by atoms with Gasteiger partial charge in [-0.2, -0.15) is 0 Å². The Hall–Kier alpha value is -2.92. The number of halogens is 2. The predicted octanol–water partition coefficient (Wildman–Crippen LogP) is 3.86. The minimum atomic E-state index is -0.487.